The van der Waals surface area contributed by atoms with E-state index < -0.39 is 47.1 Å². The summed E-state index contributed by atoms with van der Waals surface area (Å²) in [6.07, 6.45) is 1.19. The van der Waals surface area contributed by atoms with Crippen LogP contribution in [0.3, 0.4) is 0 Å². The van der Waals surface area contributed by atoms with E-state index in [-0.39, 0.29) is 46.1 Å². The molecule has 0 unspecified atom stereocenters. The van der Waals surface area contributed by atoms with E-state index in [1.807, 2.05) is 6.07 Å². The zero-order chi connectivity index (χ0) is 29.2. The largest absolute Gasteiger partial charge is 0.393 e. The van der Waals surface area contributed by atoms with Crippen molar-refractivity contribution >= 4 is 27.5 Å². The van der Waals surface area contributed by atoms with Gasteiger partial charge in [0.15, 0.2) is 9.84 Å². The Bertz CT molecular complexity index is 1570. The van der Waals surface area contributed by atoms with Crippen LogP contribution in [0.2, 0.25) is 0 Å². The molecule has 3 amide bonds. The number of aliphatic hydroxyl groups is 1. The number of rotatable bonds is 6. The van der Waals surface area contributed by atoms with E-state index in [1.165, 1.54) is 41.0 Å². The average molecular weight is 566 g/mol. The molecule has 2 aromatic rings. The van der Waals surface area contributed by atoms with Crippen LogP contribution in [0.5, 0.6) is 0 Å². The Morgan fingerprint density at radius 1 is 1.12 bits per heavy atom. The smallest absolute Gasteiger partial charge is 0.330 e. The van der Waals surface area contributed by atoms with Gasteiger partial charge in [0.1, 0.15) is 13.2 Å². The number of amides is 3. The maximum Gasteiger partial charge on any atom is 0.330 e. The van der Waals surface area contributed by atoms with Gasteiger partial charge in [-0.05, 0) is 55.2 Å². The molecule has 1 saturated heterocycles. The van der Waals surface area contributed by atoms with Crippen molar-refractivity contribution < 1.29 is 27.5 Å². The average Bonchev–Trinajstić information content (AvgIpc) is 2.94. The second kappa shape index (κ2) is 11.5. The fraction of sp³-hybridized carbons (Fsp3) is 0.357. The number of halogens is 1. The minimum absolute atomic E-state index is 0.0155. The molecule has 10 nitrogen and oxygen atoms in total. The van der Waals surface area contributed by atoms with Crippen LogP contribution in [0.4, 0.5) is 14.9 Å². The number of nitrogens with zero attached hydrogens (tertiary/aromatic N) is 5. The molecule has 1 atom stereocenters. The molecular formula is C28H28FN5O5S. The molecule has 2 aromatic carbocycles. The Morgan fingerprint density at radius 2 is 1.82 bits per heavy atom. The third kappa shape index (κ3) is 5.55. The van der Waals surface area contributed by atoms with E-state index in [2.05, 4.69) is 6.07 Å². The third-order valence-corrected chi connectivity index (χ3v) is 8.30. The van der Waals surface area contributed by atoms with Crippen molar-refractivity contribution in [1.82, 2.24) is 9.80 Å². The lowest BCUT2D eigenvalue weighted by atomic mass is 9.92. The van der Waals surface area contributed by atoms with E-state index in [4.69, 9.17) is 0 Å². The minimum Gasteiger partial charge on any atom is -0.393 e. The molecule has 1 N–H and O–H groups in total. The van der Waals surface area contributed by atoms with Crippen LogP contribution < -0.4 is 4.90 Å². The molecule has 1 fully saturated rings. The summed E-state index contributed by atoms with van der Waals surface area (Å²) in [5.74, 6) is -0.436. The molecule has 12 heteroatoms. The monoisotopic (exact) mass is 565 g/mol. The van der Waals surface area contributed by atoms with E-state index in [1.54, 1.807) is 18.2 Å². The Hall–Kier alpha value is -4.26. The standard InChI is InChI=1S/C28H28FN5O5S/c1-18-24(16-31)27(23-7-6-20(15-30)13-25(23)40(2,38)39)33(17-26(36)32-10-8-22(35)9-11-32)28(37)34(18)21-5-3-4-19(12-21)14-29/h3-7,12-13,22,27,35H,8-11,14,17H2,1-2H3/t27-/m1/s1. The number of carbonyl (C=O) groups excluding carboxylic acids is 2. The van der Waals surface area contributed by atoms with Crippen LogP contribution in [-0.4, -0.2) is 67.3 Å². The van der Waals surface area contributed by atoms with Crippen molar-refractivity contribution in [2.24, 2.45) is 0 Å². The number of aliphatic hydroxyl groups excluding tert-OH is 1. The quantitative estimate of drug-likeness (QED) is 0.566. The number of hydrogen-bond acceptors (Lipinski definition) is 7. The van der Waals surface area contributed by atoms with Crippen LogP contribution in [0.15, 0.2) is 58.6 Å². The number of allylic oxidation sites excluding steroid dienone is 1. The van der Waals surface area contributed by atoms with Gasteiger partial charge in [-0.2, -0.15) is 10.5 Å². The van der Waals surface area contributed by atoms with Gasteiger partial charge in [0, 0.05) is 25.0 Å². The molecule has 0 saturated carbocycles. The number of anilines is 1. The fourth-order valence-corrected chi connectivity index (χ4v) is 6.02. The Labute approximate surface area is 232 Å². The summed E-state index contributed by atoms with van der Waals surface area (Å²) in [5.41, 5.74) is 0.948. The Kier molecular flexibility index (Phi) is 8.24. The summed E-state index contributed by atoms with van der Waals surface area (Å²) < 4.78 is 39.1. The topological polar surface area (TPSA) is 146 Å². The number of sulfone groups is 1. The lowest BCUT2D eigenvalue weighted by molar-refractivity contribution is -0.134. The van der Waals surface area contributed by atoms with Gasteiger partial charge in [-0.15, -0.1) is 0 Å². The molecule has 0 bridgehead atoms. The highest BCUT2D eigenvalue weighted by atomic mass is 32.2. The van der Waals surface area contributed by atoms with Gasteiger partial charge >= 0.3 is 6.03 Å². The van der Waals surface area contributed by atoms with Crippen molar-refractivity contribution in [3.05, 3.63) is 70.4 Å². The SMILES string of the molecule is CC1=C(C#N)[C@@H](c2ccc(C#N)cc2S(C)(=O)=O)N(CC(=O)N2CCC(O)CC2)C(=O)N1c1cccc(CF)c1. The van der Waals surface area contributed by atoms with Crippen molar-refractivity contribution in [1.29, 1.82) is 10.5 Å². The molecule has 0 aliphatic carbocycles. The predicted molar refractivity (Wildman–Crippen MR) is 143 cm³/mol. The van der Waals surface area contributed by atoms with Gasteiger partial charge in [0.05, 0.1) is 46.0 Å². The highest BCUT2D eigenvalue weighted by Gasteiger charge is 2.43. The van der Waals surface area contributed by atoms with Gasteiger partial charge < -0.3 is 14.9 Å². The number of likely N-dealkylation sites (tertiary alicyclic amines) is 1. The fourth-order valence-electron chi connectivity index (χ4n) is 5.08. The molecule has 4 rings (SSSR count). The van der Waals surface area contributed by atoms with Gasteiger partial charge in [-0.25, -0.2) is 17.6 Å². The maximum atomic E-state index is 14.1. The zero-order valence-electron chi connectivity index (χ0n) is 22.0. The lowest BCUT2D eigenvalue weighted by Gasteiger charge is -2.43. The Morgan fingerprint density at radius 3 is 2.42 bits per heavy atom. The zero-order valence-corrected chi connectivity index (χ0v) is 22.9. The molecule has 0 radical (unpaired) electrons. The van der Waals surface area contributed by atoms with Crippen LogP contribution in [0.25, 0.3) is 0 Å². The van der Waals surface area contributed by atoms with Crippen molar-refractivity contribution in [2.45, 2.75) is 43.5 Å². The highest BCUT2D eigenvalue weighted by Crippen LogP contribution is 2.41. The summed E-state index contributed by atoms with van der Waals surface area (Å²) in [4.78, 5) is 31.2. The number of carbonyl (C=O) groups is 2. The van der Waals surface area contributed by atoms with E-state index in [0.29, 0.717) is 18.4 Å². The predicted octanol–water partition coefficient (Wildman–Crippen LogP) is 3.20. The number of nitriles is 2. The normalized spacial score (nSPS) is 18.5. The summed E-state index contributed by atoms with van der Waals surface area (Å²) in [7, 11) is -3.93. The highest BCUT2D eigenvalue weighted by molar-refractivity contribution is 7.90. The molecule has 2 aliphatic heterocycles. The van der Waals surface area contributed by atoms with Crippen molar-refractivity contribution in [3.8, 4) is 12.1 Å². The number of hydrogen-bond donors (Lipinski definition) is 1. The Balaban J connectivity index is 1.91. The number of piperidine rings is 1. The van der Waals surface area contributed by atoms with Gasteiger partial charge in [-0.3, -0.25) is 9.69 Å². The second-order valence-electron chi connectivity index (χ2n) is 9.81. The number of urea groups is 1. The molecule has 40 heavy (non-hydrogen) atoms. The second-order valence-corrected chi connectivity index (χ2v) is 11.8. The minimum atomic E-state index is -3.93. The first-order chi connectivity index (χ1) is 19.0. The summed E-state index contributed by atoms with van der Waals surface area (Å²) >= 11 is 0. The van der Waals surface area contributed by atoms with E-state index in [9.17, 15) is 38.0 Å². The third-order valence-electron chi connectivity index (χ3n) is 7.15. The summed E-state index contributed by atoms with van der Waals surface area (Å²) in [6, 6.07) is 12.2. The molecule has 2 aliphatic rings. The maximum absolute atomic E-state index is 14.1. The van der Waals surface area contributed by atoms with Crippen LogP contribution in [0, 0.1) is 22.7 Å². The number of alkyl halides is 1. The van der Waals surface area contributed by atoms with Gasteiger partial charge in [-0.1, -0.05) is 18.2 Å². The molecule has 2 heterocycles. The van der Waals surface area contributed by atoms with Gasteiger partial charge in [0.2, 0.25) is 5.91 Å². The molecule has 0 aromatic heterocycles. The van der Waals surface area contributed by atoms with Crippen LogP contribution in [-0.2, 0) is 21.3 Å². The number of benzene rings is 2. The van der Waals surface area contributed by atoms with E-state index >= 15 is 0 Å². The van der Waals surface area contributed by atoms with E-state index in [0.717, 1.165) is 11.2 Å². The molecular weight excluding hydrogens is 537 g/mol. The van der Waals surface area contributed by atoms with Gasteiger partial charge in [0.25, 0.3) is 0 Å². The van der Waals surface area contributed by atoms with Crippen molar-refractivity contribution in [2.75, 3.05) is 30.8 Å². The summed E-state index contributed by atoms with van der Waals surface area (Å²) in [5, 5.41) is 29.5. The van der Waals surface area contributed by atoms with Crippen molar-refractivity contribution in [3.63, 3.8) is 0 Å². The van der Waals surface area contributed by atoms with Crippen LogP contribution in [0.1, 0.15) is 42.5 Å². The first-order valence-corrected chi connectivity index (χ1v) is 14.5. The first-order valence-electron chi connectivity index (χ1n) is 12.6. The molecule has 0 spiro atoms. The van der Waals surface area contributed by atoms with Crippen LogP contribution >= 0.6 is 0 Å². The molecule has 208 valence electrons. The lowest BCUT2D eigenvalue weighted by Crippen LogP contribution is -2.54. The summed E-state index contributed by atoms with van der Waals surface area (Å²) in [6.45, 7) is 0.820. The first kappa shape index (κ1) is 28.7.